The van der Waals surface area contributed by atoms with Crippen molar-refractivity contribution in [2.75, 3.05) is 43.5 Å². The second-order valence-corrected chi connectivity index (χ2v) is 19.9. The Morgan fingerprint density at radius 3 is 2.38 bits per heavy atom. The van der Waals surface area contributed by atoms with E-state index in [1.165, 1.54) is 30.9 Å². The van der Waals surface area contributed by atoms with Crippen molar-refractivity contribution in [3.05, 3.63) is 36.4 Å². The molecule has 3 saturated heterocycles. The maximum absolute atomic E-state index is 13.4. The van der Waals surface area contributed by atoms with E-state index in [1.807, 2.05) is 6.92 Å². The van der Waals surface area contributed by atoms with Crippen LogP contribution in [0.1, 0.15) is 70.8 Å². The van der Waals surface area contributed by atoms with Gasteiger partial charge in [0.2, 0.25) is 35.8 Å². The van der Waals surface area contributed by atoms with Crippen molar-refractivity contribution < 1.29 is 83.5 Å². The quantitative estimate of drug-likeness (QED) is 0.0203. The number of aliphatic hydroxyl groups is 7. The summed E-state index contributed by atoms with van der Waals surface area (Å²) in [5, 5.41) is 85.4. The Morgan fingerprint density at radius 1 is 0.890 bits per heavy atom. The van der Waals surface area contributed by atoms with Crippen LogP contribution in [0.15, 0.2) is 30.9 Å². The van der Waals surface area contributed by atoms with Gasteiger partial charge in [0, 0.05) is 35.8 Å². The molecule has 3 aliphatic heterocycles. The van der Waals surface area contributed by atoms with Crippen LogP contribution in [0, 0.1) is 5.92 Å². The number of unbranched alkanes of at least 4 members (excludes halogenated alkanes) is 2. The summed E-state index contributed by atoms with van der Waals surface area (Å²) in [6.07, 6.45) is -8.47. The Bertz CT molecular complexity index is 2400. The monoisotopic (exact) mass is 1140 g/mol. The van der Waals surface area contributed by atoms with E-state index in [0.29, 0.717) is 17.6 Å². The molecule has 0 aliphatic carbocycles. The highest BCUT2D eigenvalue weighted by Gasteiger charge is 2.49. The van der Waals surface area contributed by atoms with Crippen LogP contribution >= 0.6 is 22.6 Å². The number of amides is 6. The largest absolute Gasteiger partial charge is 0.460 e. The van der Waals surface area contributed by atoms with Gasteiger partial charge < -0.3 is 86.3 Å². The van der Waals surface area contributed by atoms with Gasteiger partial charge in [0.1, 0.15) is 73.5 Å². The van der Waals surface area contributed by atoms with Gasteiger partial charge in [-0.1, -0.05) is 61.8 Å². The maximum atomic E-state index is 13.4. The Kier molecular flexibility index (Phi) is 20.4. The number of aliphatic hydroxyl groups excluding tert-OH is 7. The van der Waals surface area contributed by atoms with Crippen molar-refractivity contribution in [1.82, 2.24) is 40.8 Å². The molecule has 2 unspecified atom stereocenters. The second-order valence-electron chi connectivity index (χ2n) is 17.8. The van der Waals surface area contributed by atoms with Crippen LogP contribution in [0.3, 0.4) is 0 Å². The highest BCUT2D eigenvalue weighted by molar-refractivity contribution is 14.1. The summed E-state index contributed by atoms with van der Waals surface area (Å²) < 4.78 is 21.9. The Hall–Kier alpha value is -5.44. The Morgan fingerprint density at radius 2 is 1.66 bits per heavy atom. The van der Waals surface area contributed by atoms with E-state index in [2.05, 4.69) is 76.0 Å². The molecule has 73 heavy (non-hydrogen) atoms. The number of imide groups is 1. The van der Waals surface area contributed by atoms with E-state index in [1.54, 1.807) is 0 Å². The fourth-order valence-corrected chi connectivity index (χ4v) is 9.46. The zero-order valence-corrected chi connectivity index (χ0v) is 42.2. The van der Waals surface area contributed by atoms with Crippen molar-refractivity contribution in [2.24, 2.45) is 5.92 Å². The summed E-state index contributed by atoms with van der Waals surface area (Å²) >= 11 is 2.31. The summed E-state index contributed by atoms with van der Waals surface area (Å²) in [7, 11) is 0. The van der Waals surface area contributed by atoms with Gasteiger partial charge >= 0.3 is 6.09 Å². The molecule has 1 aromatic carbocycles. The third-order valence-corrected chi connectivity index (χ3v) is 14.9. The molecular weight excluding hydrogens is 1080 g/mol. The molecule has 3 aromatic rings. The molecule has 402 valence electrons. The smallest absolute Gasteiger partial charge is 0.407 e. The number of carbonyl (C=O) groups excluding carboxylic acids is 6. The van der Waals surface area contributed by atoms with Crippen LogP contribution in [0.25, 0.3) is 11.2 Å². The molecule has 12 atom stereocenters. The predicted molar refractivity (Wildman–Crippen MR) is 261 cm³/mol. The second kappa shape index (κ2) is 26.2. The third kappa shape index (κ3) is 14.2. The molecule has 2 aromatic heterocycles. The number of aromatic nitrogens is 4. The number of likely N-dealkylation sites (tertiary alicyclic amines) is 1. The molecule has 27 nitrogen and oxygen atoms in total. The zero-order chi connectivity index (χ0) is 53.0. The molecule has 3 aliphatic rings. The van der Waals surface area contributed by atoms with Crippen molar-refractivity contribution in [2.45, 2.75) is 137 Å². The van der Waals surface area contributed by atoms with Crippen LogP contribution in [-0.4, -0.2) is 194 Å². The van der Waals surface area contributed by atoms with Gasteiger partial charge in [0.25, 0.3) is 0 Å². The van der Waals surface area contributed by atoms with Crippen molar-refractivity contribution in [3.8, 4) is 5.75 Å². The van der Waals surface area contributed by atoms with Gasteiger partial charge in [0.05, 0.1) is 37.2 Å². The molecule has 5 heterocycles. The number of alkyl carbamates (subject to hydrolysis) is 1. The number of hydrogen-bond donors (Lipinski definition) is 13. The number of imidazole rings is 1. The highest BCUT2D eigenvalue weighted by atomic mass is 127. The molecule has 3 fully saturated rings. The number of alkyl halides is 1. The van der Waals surface area contributed by atoms with Gasteiger partial charge in [-0.3, -0.25) is 28.9 Å². The number of benzene rings is 1. The average molecular weight is 1140 g/mol. The van der Waals surface area contributed by atoms with Crippen LogP contribution in [-0.2, 0) is 44.8 Å². The summed E-state index contributed by atoms with van der Waals surface area (Å²) in [6, 6.07) is 2.70. The maximum Gasteiger partial charge on any atom is 0.407 e. The van der Waals surface area contributed by atoms with Crippen molar-refractivity contribution >= 4 is 80.9 Å². The molecule has 0 saturated carbocycles. The number of halogens is 1. The number of ether oxygens (including phenoxy) is 4. The topological polar surface area (TPSA) is 399 Å². The zero-order valence-electron chi connectivity index (χ0n) is 40.0. The van der Waals surface area contributed by atoms with Gasteiger partial charge in [-0.25, -0.2) is 19.7 Å². The van der Waals surface area contributed by atoms with E-state index in [-0.39, 0.29) is 70.4 Å². The molecule has 13 N–H and O–H groups in total. The lowest BCUT2D eigenvalue weighted by atomic mass is 9.84. The summed E-state index contributed by atoms with van der Waals surface area (Å²) in [5.74, 6) is -3.09. The van der Waals surface area contributed by atoms with Crippen LogP contribution in [0.4, 0.5) is 16.3 Å². The van der Waals surface area contributed by atoms with E-state index < -0.39 is 117 Å². The van der Waals surface area contributed by atoms with E-state index in [9.17, 15) is 64.5 Å². The summed E-state index contributed by atoms with van der Waals surface area (Å²) in [5.41, 5.74) is 0.876. The lowest BCUT2D eigenvalue weighted by Gasteiger charge is -2.42. The molecule has 28 heteroatoms. The summed E-state index contributed by atoms with van der Waals surface area (Å²) in [4.78, 5) is 94.1. The molecule has 0 radical (unpaired) electrons. The minimum Gasteiger partial charge on any atom is -0.460 e. The standard InChI is InChI=1S/C45H63IN10O17/c1-3-5-6-11-45(46,4-2)23-15-31(62)56(42(23)68)13-10-28(59)47-12-9-29(60)53-24-14-22(7-8-25(24)72-43-38(67)36(65)34(63)27(18-58)73-43)19-70-44(69)48-16-30(61)54-32-26(17-57)71-41(37(66)35(32)64)55-40-33-39(50-20-49-33)51-21-52-40/h7-8,14,20-21,23,26-27,32,34-38,41,43,57-58,63-67H,3-6,9-13,15-19H2,1-2H3,(H,47,59)(H,48,69)(H,53,60)(H,54,61)(H2,49,50,51,52,55)/t23?,26-,27+,32-,34+,35+,36-,37-,38-,41-,43-,45?/m0/s1. The number of fused-ring (bicyclic) bond motifs is 1. The minimum atomic E-state index is -1.81. The first kappa shape index (κ1) is 56.8. The van der Waals surface area contributed by atoms with E-state index in [0.717, 1.165) is 30.6 Å². The summed E-state index contributed by atoms with van der Waals surface area (Å²) in [6.45, 7) is 1.24. The predicted octanol–water partition coefficient (Wildman–Crippen LogP) is -1.83. The highest BCUT2D eigenvalue weighted by Crippen LogP contribution is 2.43. The number of anilines is 2. The number of nitrogens with one attached hydrogen (secondary N) is 6. The number of hydrogen-bond acceptors (Lipinski definition) is 21. The normalized spacial score (nSPS) is 27.0. The number of nitrogens with zero attached hydrogens (tertiary/aromatic N) is 4. The van der Waals surface area contributed by atoms with Gasteiger partial charge in [-0.2, -0.15) is 0 Å². The molecule has 0 bridgehead atoms. The fourth-order valence-electron chi connectivity index (χ4n) is 8.59. The Balaban J connectivity index is 1.01. The number of H-pyrrole nitrogens is 1. The lowest BCUT2D eigenvalue weighted by molar-refractivity contribution is -0.277. The number of carbonyl (C=O) groups is 6. The molecule has 0 spiro atoms. The average Bonchev–Trinajstić information content (AvgIpc) is 3.98. The first-order valence-corrected chi connectivity index (χ1v) is 24.9. The van der Waals surface area contributed by atoms with E-state index >= 15 is 0 Å². The van der Waals surface area contributed by atoms with Crippen LogP contribution in [0.5, 0.6) is 5.75 Å². The van der Waals surface area contributed by atoms with Crippen LogP contribution < -0.4 is 31.3 Å². The van der Waals surface area contributed by atoms with Crippen LogP contribution in [0.2, 0.25) is 0 Å². The van der Waals surface area contributed by atoms with Gasteiger partial charge in [-0.05, 0) is 30.5 Å². The van der Waals surface area contributed by atoms with Crippen molar-refractivity contribution in [3.63, 3.8) is 0 Å². The van der Waals surface area contributed by atoms with E-state index in [4.69, 9.17) is 18.9 Å². The Labute approximate surface area is 431 Å². The lowest BCUT2D eigenvalue weighted by Crippen LogP contribution is -2.66. The molecule has 6 amide bonds. The molecule has 6 rings (SSSR count). The number of rotatable bonds is 24. The SMILES string of the molecule is CCCCCC(I)(CC)C1CC(=O)N(CCC(=O)NCCC(=O)Nc2cc(COC(=O)NCC(=O)N[C@@H]3[C@@H](O)[C@H](O)[C@@H](Nc4ncnc5nc[nH]c45)O[C@H]3CO)ccc2O[C@H]2O[C@H](CO)[C@@H](O)[C@H](O)[C@@H]2O)C1=O. The van der Waals surface area contributed by atoms with Gasteiger partial charge in [-0.15, -0.1) is 0 Å². The minimum absolute atomic E-state index is 0.0687. The first-order chi connectivity index (χ1) is 34.9. The third-order valence-electron chi connectivity index (χ3n) is 12.8. The fraction of sp³-hybridized carbons (Fsp3) is 0.622. The van der Waals surface area contributed by atoms with Gasteiger partial charge in [0.15, 0.2) is 17.7 Å². The number of aromatic amines is 1. The first-order valence-electron chi connectivity index (χ1n) is 23.8. The van der Waals surface area contributed by atoms with Crippen molar-refractivity contribution in [1.29, 1.82) is 0 Å². The molecular formula is C45H63IN10O17.